The van der Waals surface area contributed by atoms with Crippen molar-refractivity contribution in [2.24, 2.45) is 5.73 Å². The summed E-state index contributed by atoms with van der Waals surface area (Å²) in [5, 5.41) is 2.82. The minimum atomic E-state index is -0.679. The Morgan fingerprint density at radius 1 is 1.53 bits per heavy atom. The minimum Gasteiger partial charge on any atom is -0.454 e. The first-order valence-corrected chi connectivity index (χ1v) is 6.00. The van der Waals surface area contributed by atoms with Gasteiger partial charge in [0.25, 0.3) is 0 Å². The maximum atomic E-state index is 11.8. The average Bonchev–Trinajstić information content (AvgIpc) is 2.85. The van der Waals surface area contributed by atoms with Gasteiger partial charge >= 0.3 is 0 Å². The molecule has 0 saturated heterocycles. The van der Waals surface area contributed by atoms with E-state index in [0.717, 1.165) is 5.56 Å². The second kappa shape index (κ2) is 5.63. The molecule has 19 heavy (non-hydrogen) atoms. The average molecular weight is 260 g/mol. The molecule has 2 rings (SSSR count). The summed E-state index contributed by atoms with van der Waals surface area (Å²) in [5.74, 6) is 3.51. The van der Waals surface area contributed by atoms with Crippen LogP contribution in [-0.2, 0) is 4.79 Å². The quantitative estimate of drug-likeness (QED) is 0.790. The number of terminal acetylenes is 1. The Bertz CT molecular complexity index is 522. The number of amides is 1. The molecule has 100 valence electrons. The van der Waals surface area contributed by atoms with Crippen LogP contribution in [0.4, 0.5) is 0 Å². The lowest BCUT2D eigenvalue weighted by Crippen LogP contribution is -2.41. The maximum absolute atomic E-state index is 11.8. The lowest BCUT2D eigenvalue weighted by atomic mass is 10.1. The molecule has 5 nitrogen and oxygen atoms in total. The Morgan fingerprint density at radius 2 is 2.26 bits per heavy atom. The molecule has 0 aromatic heterocycles. The summed E-state index contributed by atoms with van der Waals surface area (Å²) in [6.07, 6.45) is 5.35. The number of fused-ring (bicyclic) bond motifs is 1. The molecule has 0 spiro atoms. The van der Waals surface area contributed by atoms with E-state index >= 15 is 0 Å². The van der Waals surface area contributed by atoms with E-state index < -0.39 is 6.04 Å². The van der Waals surface area contributed by atoms with Gasteiger partial charge in [-0.05, 0) is 24.6 Å². The van der Waals surface area contributed by atoms with Gasteiger partial charge in [0.15, 0.2) is 11.5 Å². The maximum Gasteiger partial charge on any atom is 0.238 e. The van der Waals surface area contributed by atoms with Gasteiger partial charge < -0.3 is 20.5 Å². The molecular formula is C14H16N2O3. The van der Waals surface area contributed by atoms with Crippen LogP contribution >= 0.6 is 0 Å². The molecular weight excluding hydrogens is 244 g/mol. The van der Waals surface area contributed by atoms with Crippen LogP contribution in [0.2, 0.25) is 0 Å². The van der Waals surface area contributed by atoms with Crippen LogP contribution in [0.25, 0.3) is 0 Å². The van der Waals surface area contributed by atoms with Crippen molar-refractivity contribution in [1.82, 2.24) is 5.32 Å². The van der Waals surface area contributed by atoms with E-state index in [4.69, 9.17) is 21.6 Å². The van der Waals surface area contributed by atoms with E-state index in [9.17, 15) is 4.79 Å². The Balaban J connectivity index is 2.02. The Labute approximate surface area is 112 Å². The van der Waals surface area contributed by atoms with E-state index in [0.29, 0.717) is 11.5 Å². The van der Waals surface area contributed by atoms with Crippen molar-refractivity contribution >= 4 is 5.91 Å². The van der Waals surface area contributed by atoms with Crippen LogP contribution in [0.3, 0.4) is 0 Å². The second-order valence-corrected chi connectivity index (χ2v) is 4.36. The van der Waals surface area contributed by atoms with Gasteiger partial charge in [0.2, 0.25) is 12.7 Å². The lowest BCUT2D eigenvalue weighted by Gasteiger charge is -2.17. The number of rotatable bonds is 4. The molecule has 0 aliphatic carbocycles. The van der Waals surface area contributed by atoms with E-state index in [1.165, 1.54) is 0 Å². The number of carbonyl (C=O) groups is 1. The van der Waals surface area contributed by atoms with E-state index in [2.05, 4.69) is 11.2 Å². The molecule has 0 saturated carbocycles. The summed E-state index contributed by atoms with van der Waals surface area (Å²) in [7, 11) is 0. The van der Waals surface area contributed by atoms with Crippen molar-refractivity contribution in [2.45, 2.75) is 25.4 Å². The number of hydrogen-bond acceptors (Lipinski definition) is 4. The highest BCUT2D eigenvalue weighted by molar-refractivity contribution is 5.82. The monoisotopic (exact) mass is 260 g/mol. The first kappa shape index (κ1) is 13.2. The first-order chi connectivity index (χ1) is 9.11. The van der Waals surface area contributed by atoms with Crippen LogP contribution < -0.4 is 20.5 Å². The number of ether oxygens (including phenoxy) is 2. The zero-order valence-electron chi connectivity index (χ0n) is 10.7. The summed E-state index contributed by atoms with van der Waals surface area (Å²) in [4.78, 5) is 11.8. The van der Waals surface area contributed by atoms with Gasteiger partial charge in [-0.1, -0.05) is 6.07 Å². The van der Waals surface area contributed by atoms with Crippen LogP contribution in [0.15, 0.2) is 18.2 Å². The second-order valence-electron chi connectivity index (χ2n) is 4.36. The highest BCUT2D eigenvalue weighted by atomic mass is 16.7. The number of nitrogens with two attached hydrogens (primary N) is 1. The molecule has 3 N–H and O–H groups in total. The number of hydrogen-bond donors (Lipinski definition) is 2. The Hall–Kier alpha value is -2.19. The third-order valence-electron chi connectivity index (χ3n) is 2.93. The highest BCUT2D eigenvalue weighted by Gasteiger charge is 2.18. The van der Waals surface area contributed by atoms with Gasteiger partial charge in [0, 0.05) is 6.42 Å². The minimum absolute atomic E-state index is 0.175. The number of nitrogens with one attached hydrogen (secondary N) is 1. The van der Waals surface area contributed by atoms with Crippen LogP contribution in [-0.4, -0.2) is 18.7 Å². The molecule has 1 aromatic carbocycles. The van der Waals surface area contributed by atoms with Crippen molar-refractivity contribution in [3.63, 3.8) is 0 Å². The SMILES string of the molecule is C#CCC(N)C(=O)NC(C)c1ccc2c(c1)OCO2. The molecule has 0 fully saturated rings. The molecule has 1 amide bonds. The normalized spacial score (nSPS) is 15.4. The zero-order valence-corrected chi connectivity index (χ0v) is 10.7. The topological polar surface area (TPSA) is 73.6 Å². The van der Waals surface area contributed by atoms with Gasteiger partial charge in [-0.15, -0.1) is 12.3 Å². The predicted octanol–water partition coefficient (Wildman–Crippen LogP) is 0.943. The van der Waals surface area contributed by atoms with E-state index in [1.54, 1.807) is 0 Å². The van der Waals surface area contributed by atoms with Crippen LogP contribution in [0, 0.1) is 12.3 Å². The summed E-state index contributed by atoms with van der Waals surface area (Å²) >= 11 is 0. The van der Waals surface area contributed by atoms with Crippen molar-refractivity contribution < 1.29 is 14.3 Å². The van der Waals surface area contributed by atoms with Crippen LogP contribution in [0.5, 0.6) is 11.5 Å². The fraction of sp³-hybridized carbons (Fsp3) is 0.357. The third kappa shape index (κ3) is 2.98. The van der Waals surface area contributed by atoms with Gasteiger partial charge in [-0.3, -0.25) is 4.79 Å². The van der Waals surface area contributed by atoms with Crippen molar-refractivity contribution in [3.05, 3.63) is 23.8 Å². The predicted molar refractivity (Wildman–Crippen MR) is 70.5 cm³/mol. The van der Waals surface area contributed by atoms with Gasteiger partial charge in [-0.25, -0.2) is 0 Å². The van der Waals surface area contributed by atoms with Crippen molar-refractivity contribution in [1.29, 1.82) is 0 Å². The Kier molecular flexibility index (Phi) is 3.93. The molecule has 2 unspecified atom stereocenters. The van der Waals surface area contributed by atoms with Gasteiger partial charge in [-0.2, -0.15) is 0 Å². The molecule has 0 bridgehead atoms. The molecule has 1 aliphatic heterocycles. The van der Waals surface area contributed by atoms with Crippen molar-refractivity contribution in [3.8, 4) is 23.8 Å². The third-order valence-corrected chi connectivity index (χ3v) is 2.93. The molecule has 2 atom stereocenters. The molecule has 0 radical (unpaired) electrons. The molecule has 1 aromatic rings. The smallest absolute Gasteiger partial charge is 0.238 e. The Morgan fingerprint density at radius 3 is 3.00 bits per heavy atom. The summed E-state index contributed by atoms with van der Waals surface area (Å²) in [6.45, 7) is 2.10. The first-order valence-electron chi connectivity index (χ1n) is 6.00. The van der Waals surface area contributed by atoms with Gasteiger partial charge in [0.05, 0.1) is 12.1 Å². The zero-order chi connectivity index (χ0) is 13.8. The van der Waals surface area contributed by atoms with E-state index in [-0.39, 0.29) is 25.2 Å². The summed E-state index contributed by atoms with van der Waals surface area (Å²) in [6, 6.07) is 4.69. The molecule has 5 heteroatoms. The van der Waals surface area contributed by atoms with Gasteiger partial charge in [0.1, 0.15) is 0 Å². The fourth-order valence-corrected chi connectivity index (χ4v) is 1.81. The largest absolute Gasteiger partial charge is 0.454 e. The lowest BCUT2D eigenvalue weighted by molar-refractivity contribution is -0.122. The standard InChI is InChI=1S/C14H16N2O3/c1-3-4-11(15)14(17)16-9(2)10-5-6-12-13(7-10)19-8-18-12/h1,5-7,9,11H,4,8,15H2,2H3,(H,16,17). The van der Waals surface area contributed by atoms with E-state index in [1.807, 2.05) is 25.1 Å². The van der Waals surface area contributed by atoms with Crippen molar-refractivity contribution in [2.75, 3.05) is 6.79 Å². The summed E-state index contributed by atoms with van der Waals surface area (Å²) in [5.41, 5.74) is 6.57. The number of benzene rings is 1. The van der Waals surface area contributed by atoms with Crippen LogP contribution in [0.1, 0.15) is 24.9 Å². The fourth-order valence-electron chi connectivity index (χ4n) is 1.81. The molecule has 1 aliphatic rings. The highest BCUT2D eigenvalue weighted by Crippen LogP contribution is 2.34. The summed E-state index contributed by atoms with van der Waals surface area (Å²) < 4.78 is 10.5. The molecule has 1 heterocycles. The number of carbonyl (C=O) groups excluding carboxylic acids is 1.